The van der Waals surface area contributed by atoms with Crippen molar-refractivity contribution in [3.05, 3.63) is 18.2 Å². The molecule has 5 heteroatoms. The van der Waals surface area contributed by atoms with Crippen molar-refractivity contribution in [2.45, 2.75) is 44.3 Å². The van der Waals surface area contributed by atoms with E-state index in [9.17, 15) is 0 Å². The molecule has 0 unspecified atom stereocenters. The Morgan fingerprint density at radius 3 is 2.81 bits per heavy atom. The molecule has 4 fully saturated rings. The molecule has 2 atom stereocenters. The van der Waals surface area contributed by atoms with Gasteiger partial charge in [0.15, 0.2) is 0 Å². The highest BCUT2D eigenvalue weighted by atomic mass is 16.5. The smallest absolute Gasteiger partial charge is 0.120 e. The highest BCUT2D eigenvalue weighted by Gasteiger charge is 2.37. The molecule has 4 aliphatic rings. The van der Waals surface area contributed by atoms with Crippen molar-refractivity contribution in [3.63, 3.8) is 0 Å². The first-order valence-electron chi connectivity index (χ1n) is 8.42. The third kappa shape index (κ3) is 3.00. The van der Waals surface area contributed by atoms with E-state index >= 15 is 0 Å². The van der Waals surface area contributed by atoms with E-state index in [0.717, 1.165) is 37.5 Å². The van der Waals surface area contributed by atoms with Gasteiger partial charge in [-0.05, 0) is 31.6 Å². The SMILES string of the molecule is c1c[nH]c(CN2C[C@H]3CC[C@@H]2CN(C2CCOCC2)C3)n1. The molecular weight excluding hydrogens is 264 g/mol. The summed E-state index contributed by atoms with van der Waals surface area (Å²) in [5.74, 6) is 1.95. The number of H-pyrrole nitrogens is 1. The van der Waals surface area contributed by atoms with Crippen molar-refractivity contribution in [3.8, 4) is 0 Å². The molecular formula is C16H26N4O. The zero-order chi connectivity index (χ0) is 14.1. The Labute approximate surface area is 126 Å². The number of piperidine rings is 1. The Hall–Kier alpha value is -0.910. The lowest BCUT2D eigenvalue weighted by molar-refractivity contribution is 0.0307. The number of aromatic amines is 1. The highest BCUT2D eigenvalue weighted by molar-refractivity contribution is 4.95. The molecule has 4 saturated heterocycles. The maximum Gasteiger partial charge on any atom is 0.120 e. The third-order valence-electron chi connectivity index (χ3n) is 5.47. The van der Waals surface area contributed by atoms with Crippen LogP contribution in [-0.2, 0) is 11.3 Å². The average Bonchev–Trinajstić information content (AvgIpc) is 2.86. The second-order valence-electron chi connectivity index (χ2n) is 6.86. The van der Waals surface area contributed by atoms with Crippen molar-refractivity contribution >= 4 is 0 Å². The molecule has 116 valence electrons. The predicted octanol–water partition coefficient (Wildman–Crippen LogP) is 1.48. The van der Waals surface area contributed by atoms with Gasteiger partial charge in [0.05, 0.1) is 6.54 Å². The summed E-state index contributed by atoms with van der Waals surface area (Å²) in [4.78, 5) is 13.1. The molecule has 0 radical (unpaired) electrons. The Bertz CT molecular complexity index is 443. The number of hydrogen-bond donors (Lipinski definition) is 1. The molecule has 0 spiro atoms. The quantitative estimate of drug-likeness (QED) is 0.916. The first-order chi connectivity index (χ1) is 10.4. The zero-order valence-electron chi connectivity index (χ0n) is 12.7. The average molecular weight is 290 g/mol. The number of imidazole rings is 1. The molecule has 4 aliphatic heterocycles. The van der Waals surface area contributed by atoms with Crippen LogP contribution in [0.4, 0.5) is 0 Å². The second-order valence-corrected chi connectivity index (χ2v) is 6.86. The highest BCUT2D eigenvalue weighted by Crippen LogP contribution is 2.31. The number of aromatic nitrogens is 2. The van der Waals surface area contributed by atoms with Crippen molar-refractivity contribution < 1.29 is 4.74 Å². The molecule has 1 N–H and O–H groups in total. The first kappa shape index (κ1) is 13.7. The van der Waals surface area contributed by atoms with Gasteiger partial charge < -0.3 is 9.72 Å². The van der Waals surface area contributed by atoms with Crippen molar-refractivity contribution in [2.75, 3.05) is 32.8 Å². The van der Waals surface area contributed by atoms with E-state index in [1.54, 1.807) is 0 Å². The van der Waals surface area contributed by atoms with E-state index in [2.05, 4.69) is 19.8 Å². The van der Waals surface area contributed by atoms with Crippen molar-refractivity contribution in [1.82, 2.24) is 19.8 Å². The van der Waals surface area contributed by atoms with E-state index in [1.165, 1.54) is 45.3 Å². The Morgan fingerprint density at radius 1 is 1.10 bits per heavy atom. The second kappa shape index (κ2) is 6.07. The van der Waals surface area contributed by atoms with Gasteiger partial charge in [0, 0.05) is 57.3 Å². The standard InChI is InChI=1S/C16H26N4O/c1-2-15-11-19(14-3-7-21-8-4-14)9-13(1)10-20(15)12-16-17-5-6-18-16/h5-6,13-15H,1-4,7-12H2,(H,17,18)/t13-,15+/m0/s1. The summed E-state index contributed by atoms with van der Waals surface area (Å²) in [6, 6.07) is 1.46. The number of nitrogens with zero attached hydrogens (tertiary/aromatic N) is 3. The van der Waals surface area contributed by atoms with Crippen LogP contribution in [0.5, 0.6) is 0 Å². The number of fused-ring (bicyclic) bond motifs is 4. The van der Waals surface area contributed by atoms with Crippen LogP contribution in [0.25, 0.3) is 0 Å². The van der Waals surface area contributed by atoms with E-state index in [0.29, 0.717) is 6.04 Å². The van der Waals surface area contributed by atoms with Gasteiger partial charge in [-0.3, -0.25) is 9.80 Å². The van der Waals surface area contributed by atoms with Gasteiger partial charge in [0.1, 0.15) is 5.82 Å². The first-order valence-corrected chi connectivity index (χ1v) is 8.42. The lowest BCUT2D eigenvalue weighted by Crippen LogP contribution is -2.45. The van der Waals surface area contributed by atoms with Gasteiger partial charge >= 0.3 is 0 Å². The van der Waals surface area contributed by atoms with Crippen LogP contribution in [0, 0.1) is 5.92 Å². The van der Waals surface area contributed by atoms with E-state index < -0.39 is 0 Å². The Balaban J connectivity index is 1.44. The van der Waals surface area contributed by atoms with Gasteiger partial charge in [0.2, 0.25) is 0 Å². The lowest BCUT2D eigenvalue weighted by Gasteiger charge is -2.36. The van der Waals surface area contributed by atoms with Crippen LogP contribution in [0.15, 0.2) is 12.4 Å². The maximum atomic E-state index is 5.53. The molecule has 5 rings (SSSR count). The molecule has 0 aromatic carbocycles. The number of ether oxygens (including phenoxy) is 1. The summed E-state index contributed by atoms with van der Waals surface area (Å²) in [5, 5.41) is 0. The molecule has 1 aromatic rings. The molecule has 0 saturated carbocycles. The number of hydrogen-bond acceptors (Lipinski definition) is 4. The van der Waals surface area contributed by atoms with Crippen LogP contribution in [0.1, 0.15) is 31.5 Å². The molecule has 1 aromatic heterocycles. The molecule has 0 aliphatic carbocycles. The van der Waals surface area contributed by atoms with Crippen LogP contribution in [0.3, 0.4) is 0 Å². The van der Waals surface area contributed by atoms with E-state index in [4.69, 9.17) is 4.74 Å². The van der Waals surface area contributed by atoms with Gasteiger partial charge in [0.25, 0.3) is 0 Å². The zero-order valence-corrected chi connectivity index (χ0v) is 12.7. The maximum absolute atomic E-state index is 5.53. The monoisotopic (exact) mass is 290 g/mol. The van der Waals surface area contributed by atoms with Gasteiger partial charge in [-0.25, -0.2) is 4.98 Å². The topological polar surface area (TPSA) is 44.4 Å². The minimum atomic E-state index is 0.705. The third-order valence-corrected chi connectivity index (χ3v) is 5.47. The van der Waals surface area contributed by atoms with Gasteiger partial charge in [-0.1, -0.05) is 0 Å². The molecule has 0 amide bonds. The molecule has 5 heterocycles. The largest absolute Gasteiger partial charge is 0.381 e. The summed E-state index contributed by atoms with van der Waals surface area (Å²) >= 11 is 0. The summed E-state index contributed by atoms with van der Waals surface area (Å²) in [5.41, 5.74) is 0. The van der Waals surface area contributed by atoms with Crippen LogP contribution < -0.4 is 0 Å². The van der Waals surface area contributed by atoms with E-state index in [1.807, 2.05) is 12.4 Å². The lowest BCUT2D eigenvalue weighted by atomic mass is 9.95. The summed E-state index contributed by atoms with van der Waals surface area (Å²) < 4.78 is 5.53. The number of nitrogens with one attached hydrogen (secondary N) is 1. The minimum absolute atomic E-state index is 0.705. The molecule has 21 heavy (non-hydrogen) atoms. The molecule has 5 nitrogen and oxygen atoms in total. The van der Waals surface area contributed by atoms with Crippen LogP contribution in [-0.4, -0.2) is 64.7 Å². The fourth-order valence-corrected chi connectivity index (χ4v) is 4.33. The normalized spacial score (nSPS) is 32.4. The Morgan fingerprint density at radius 2 is 2.00 bits per heavy atom. The van der Waals surface area contributed by atoms with Crippen molar-refractivity contribution in [1.29, 1.82) is 0 Å². The number of rotatable bonds is 3. The predicted molar refractivity (Wildman–Crippen MR) is 80.9 cm³/mol. The van der Waals surface area contributed by atoms with Crippen molar-refractivity contribution in [2.24, 2.45) is 5.92 Å². The summed E-state index contributed by atoms with van der Waals surface area (Å²) in [6.45, 7) is 6.65. The minimum Gasteiger partial charge on any atom is -0.381 e. The fourth-order valence-electron chi connectivity index (χ4n) is 4.33. The van der Waals surface area contributed by atoms with E-state index in [-0.39, 0.29) is 0 Å². The Kier molecular flexibility index (Phi) is 3.97. The summed E-state index contributed by atoms with van der Waals surface area (Å²) in [6.07, 6.45) is 8.98. The summed E-state index contributed by atoms with van der Waals surface area (Å²) in [7, 11) is 0. The molecule has 2 bridgehead atoms. The van der Waals surface area contributed by atoms with Gasteiger partial charge in [-0.15, -0.1) is 0 Å². The van der Waals surface area contributed by atoms with Crippen LogP contribution >= 0.6 is 0 Å². The van der Waals surface area contributed by atoms with Crippen LogP contribution in [0.2, 0.25) is 0 Å². The van der Waals surface area contributed by atoms with Gasteiger partial charge in [-0.2, -0.15) is 0 Å². The fraction of sp³-hybridized carbons (Fsp3) is 0.812.